The Morgan fingerprint density at radius 3 is 0.937 bits per heavy atom. The summed E-state index contributed by atoms with van der Waals surface area (Å²) < 4.78 is 5.21. The summed E-state index contributed by atoms with van der Waals surface area (Å²) in [7, 11) is 0. The van der Waals surface area contributed by atoms with Gasteiger partial charge in [0.25, 0.3) is 6.71 Å². The van der Waals surface area contributed by atoms with E-state index in [0.717, 1.165) is 0 Å². The third-order valence-corrected chi connectivity index (χ3v) is 13.8. The summed E-state index contributed by atoms with van der Waals surface area (Å²) in [6.45, 7) is -0.0204. The molecule has 0 N–H and O–H groups in total. The highest BCUT2D eigenvalue weighted by Gasteiger charge is 2.42. The Labute approximate surface area is 365 Å². The van der Waals surface area contributed by atoms with E-state index in [-0.39, 0.29) is 6.71 Å². The Balaban J connectivity index is 1.17. The van der Waals surface area contributed by atoms with Gasteiger partial charge in [-0.2, -0.15) is 0 Å². The maximum Gasteiger partial charge on any atom is 0.252 e. The van der Waals surface area contributed by atoms with Crippen LogP contribution in [-0.2, 0) is 0 Å². The molecule has 3 heteroatoms. The fourth-order valence-electron chi connectivity index (χ4n) is 11.1. The van der Waals surface area contributed by atoms with Gasteiger partial charge in [-0.25, -0.2) is 0 Å². The molecule has 2 aromatic heterocycles. The molecule has 4 heterocycles. The zero-order valence-electron chi connectivity index (χ0n) is 34.3. The normalized spacial score (nSPS) is 12.4. The first-order chi connectivity index (χ1) is 31.2. The number of aromatic nitrogens is 2. The molecule has 63 heavy (non-hydrogen) atoms. The Hall–Kier alpha value is -8.14. The Bertz CT molecular complexity index is 3580. The predicted octanol–water partition coefficient (Wildman–Crippen LogP) is 13.4. The zero-order chi connectivity index (χ0) is 41.2. The highest BCUT2D eigenvalue weighted by atomic mass is 15.0. The fraction of sp³-hybridized carbons (Fsp3) is 0. The monoisotopic (exact) mass is 796 g/mol. The van der Waals surface area contributed by atoms with Crippen molar-refractivity contribution in [3.63, 3.8) is 0 Å². The first-order valence-electron chi connectivity index (χ1n) is 22.0. The third-order valence-electron chi connectivity index (χ3n) is 13.8. The van der Waals surface area contributed by atoms with Gasteiger partial charge in [0, 0.05) is 44.0 Å². The summed E-state index contributed by atoms with van der Waals surface area (Å²) in [5.74, 6) is 0. The molecule has 12 aromatic rings. The van der Waals surface area contributed by atoms with Gasteiger partial charge in [-0.3, -0.25) is 0 Å². The second-order valence-corrected chi connectivity index (χ2v) is 17.2. The summed E-state index contributed by atoms with van der Waals surface area (Å²) in [6.07, 6.45) is 0. The minimum Gasteiger partial charge on any atom is -0.310 e. The van der Waals surface area contributed by atoms with Gasteiger partial charge < -0.3 is 9.13 Å². The van der Waals surface area contributed by atoms with E-state index in [9.17, 15) is 0 Å². The molecule has 14 rings (SSSR count). The lowest BCUT2D eigenvalue weighted by atomic mass is 9.34. The van der Waals surface area contributed by atoms with E-state index in [1.807, 2.05) is 0 Å². The van der Waals surface area contributed by atoms with Crippen molar-refractivity contribution in [3.05, 3.63) is 224 Å². The number of hydrogen-bond acceptors (Lipinski definition) is 0. The van der Waals surface area contributed by atoms with Crippen LogP contribution in [0.25, 0.3) is 111 Å². The number of rotatable bonds is 5. The third kappa shape index (κ3) is 5.02. The van der Waals surface area contributed by atoms with Crippen molar-refractivity contribution in [1.29, 1.82) is 0 Å². The van der Waals surface area contributed by atoms with Gasteiger partial charge in [-0.1, -0.05) is 176 Å². The molecule has 2 aliphatic rings. The topological polar surface area (TPSA) is 9.86 Å². The summed E-state index contributed by atoms with van der Waals surface area (Å²) in [4.78, 5) is 0. The minimum absolute atomic E-state index is 0.0204. The van der Waals surface area contributed by atoms with Gasteiger partial charge in [0.2, 0.25) is 0 Å². The van der Waals surface area contributed by atoms with Crippen LogP contribution in [0.2, 0.25) is 0 Å². The van der Waals surface area contributed by atoms with E-state index in [1.54, 1.807) is 0 Å². The van der Waals surface area contributed by atoms with Gasteiger partial charge in [0.1, 0.15) is 0 Å². The molecule has 0 spiro atoms. The molecule has 10 aromatic carbocycles. The molecule has 0 atom stereocenters. The molecule has 0 unspecified atom stereocenters. The Kier molecular flexibility index (Phi) is 7.23. The molecule has 290 valence electrons. The maximum atomic E-state index is 2.60. The minimum atomic E-state index is -0.0204. The van der Waals surface area contributed by atoms with Crippen molar-refractivity contribution >= 4 is 66.7 Å². The Morgan fingerprint density at radius 1 is 0.254 bits per heavy atom. The average Bonchev–Trinajstić information content (AvgIpc) is 3.88. The highest BCUT2D eigenvalue weighted by molar-refractivity contribution is 7.00. The zero-order valence-corrected chi connectivity index (χ0v) is 34.3. The van der Waals surface area contributed by atoms with Crippen LogP contribution in [-0.4, -0.2) is 15.8 Å². The maximum absolute atomic E-state index is 2.60. The first kappa shape index (κ1) is 34.6. The molecule has 0 radical (unpaired) electrons. The van der Waals surface area contributed by atoms with E-state index in [4.69, 9.17) is 0 Å². The van der Waals surface area contributed by atoms with Gasteiger partial charge in [0.05, 0.1) is 11.0 Å². The van der Waals surface area contributed by atoms with E-state index >= 15 is 0 Å². The smallest absolute Gasteiger partial charge is 0.252 e. The molecule has 0 saturated heterocycles. The lowest BCUT2D eigenvalue weighted by Crippen LogP contribution is -2.59. The van der Waals surface area contributed by atoms with Crippen molar-refractivity contribution in [2.45, 2.75) is 0 Å². The summed E-state index contributed by atoms with van der Waals surface area (Å²) in [5.41, 5.74) is 23.8. The summed E-state index contributed by atoms with van der Waals surface area (Å²) in [6, 6.07) is 83.6. The molecular formula is C60H37BN2. The molecule has 0 bridgehead atoms. The van der Waals surface area contributed by atoms with Crippen LogP contribution in [0.3, 0.4) is 0 Å². The SMILES string of the molecule is c1ccc(-c2cc3c4c(c2)-n2c5ccc(-c6ccccc6)cc5c5cc(-c6ccccc6)cc(c52)B4c2cc(-c4ccccc4)cc4c5cc(-c6ccccc6)ccc5n-3c24)cc1. The van der Waals surface area contributed by atoms with Crippen molar-refractivity contribution in [3.8, 4) is 67.0 Å². The molecule has 2 nitrogen and oxygen atoms in total. The fourth-order valence-corrected chi connectivity index (χ4v) is 11.1. The number of benzene rings is 10. The van der Waals surface area contributed by atoms with E-state index < -0.39 is 0 Å². The van der Waals surface area contributed by atoms with Gasteiger partial charge in [-0.15, -0.1) is 0 Å². The van der Waals surface area contributed by atoms with Crippen LogP contribution in [0.15, 0.2) is 224 Å². The molecular weight excluding hydrogens is 759 g/mol. The van der Waals surface area contributed by atoms with Gasteiger partial charge >= 0.3 is 0 Å². The molecule has 0 fully saturated rings. The second kappa shape index (κ2) is 13.2. The van der Waals surface area contributed by atoms with Crippen molar-refractivity contribution in [2.24, 2.45) is 0 Å². The van der Waals surface area contributed by atoms with Gasteiger partial charge in [-0.05, 0) is 121 Å². The van der Waals surface area contributed by atoms with E-state index in [2.05, 4.69) is 234 Å². The summed E-state index contributed by atoms with van der Waals surface area (Å²) in [5, 5.41) is 5.10. The molecule has 0 aliphatic carbocycles. The van der Waals surface area contributed by atoms with Gasteiger partial charge in [0.15, 0.2) is 0 Å². The second-order valence-electron chi connectivity index (χ2n) is 17.2. The van der Waals surface area contributed by atoms with Crippen LogP contribution in [0.4, 0.5) is 0 Å². The van der Waals surface area contributed by atoms with Crippen molar-refractivity contribution in [1.82, 2.24) is 9.13 Å². The lowest BCUT2D eigenvalue weighted by molar-refractivity contribution is 1.14. The van der Waals surface area contributed by atoms with Crippen LogP contribution in [0.1, 0.15) is 0 Å². The standard InChI is InChI=1S/C60H37BN2/c1-6-16-38(17-7-1)43-26-28-54-48(30-43)50-32-45(40-20-10-3-11-21-40)34-52-59(50)62(54)56-36-47(42-24-14-5-15-25-42)37-57-58(56)61(52)53-35-46(41-22-12-4-13-23-41)33-51-49-31-44(39-18-8-2-9-19-39)27-29-55(49)63(57)60(51)53/h1-37H. The predicted molar refractivity (Wildman–Crippen MR) is 267 cm³/mol. The quantitative estimate of drug-likeness (QED) is 0.154. The van der Waals surface area contributed by atoms with E-state index in [0.29, 0.717) is 0 Å². The van der Waals surface area contributed by atoms with E-state index in [1.165, 1.54) is 127 Å². The Morgan fingerprint density at radius 2 is 0.571 bits per heavy atom. The van der Waals surface area contributed by atoms with Crippen LogP contribution < -0.4 is 16.4 Å². The average molecular weight is 797 g/mol. The largest absolute Gasteiger partial charge is 0.310 e. The van der Waals surface area contributed by atoms with Crippen LogP contribution >= 0.6 is 0 Å². The number of hydrogen-bond donors (Lipinski definition) is 0. The first-order valence-corrected chi connectivity index (χ1v) is 22.0. The number of fused-ring (bicyclic) bond motifs is 10. The molecule has 0 amide bonds. The van der Waals surface area contributed by atoms with Crippen LogP contribution in [0.5, 0.6) is 0 Å². The molecule has 2 aliphatic heterocycles. The number of nitrogens with zero attached hydrogens (tertiary/aromatic N) is 2. The lowest BCUT2D eigenvalue weighted by Gasteiger charge is -2.34. The molecule has 0 saturated carbocycles. The van der Waals surface area contributed by atoms with Crippen molar-refractivity contribution < 1.29 is 0 Å². The highest BCUT2D eigenvalue weighted by Crippen LogP contribution is 2.44. The van der Waals surface area contributed by atoms with Crippen molar-refractivity contribution in [2.75, 3.05) is 0 Å². The summed E-state index contributed by atoms with van der Waals surface area (Å²) >= 11 is 0. The van der Waals surface area contributed by atoms with Crippen LogP contribution in [0, 0.1) is 0 Å².